The zero-order chi connectivity index (χ0) is 12.6. The standard InChI is InChI=1S/C12H19NO.C2H6/c1-10-4-6-12(7-5-10)13(3)9-8-11(2)14;1-2/h4-7,11,14H,8-9H2,1-3H3;1-2H3. The van der Waals surface area contributed by atoms with Gasteiger partial charge in [0.05, 0.1) is 6.10 Å². The van der Waals surface area contributed by atoms with Crippen LogP contribution < -0.4 is 4.90 Å². The maximum Gasteiger partial charge on any atom is 0.0528 e. The molecule has 0 heterocycles. The van der Waals surface area contributed by atoms with Crippen LogP contribution in [0, 0.1) is 6.92 Å². The molecule has 0 fully saturated rings. The van der Waals surface area contributed by atoms with Crippen LogP contribution in [-0.2, 0) is 0 Å². The van der Waals surface area contributed by atoms with E-state index >= 15 is 0 Å². The van der Waals surface area contributed by atoms with Crippen LogP contribution in [0.3, 0.4) is 0 Å². The molecule has 1 N–H and O–H groups in total. The first-order chi connectivity index (χ1) is 7.59. The number of nitrogens with zero attached hydrogens (tertiary/aromatic N) is 1. The quantitative estimate of drug-likeness (QED) is 0.847. The van der Waals surface area contributed by atoms with Gasteiger partial charge in [-0.15, -0.1) is 0 Å². The van der Waals surface area contributed by atoms with Gasteiger partial charge in [-0.3, -0.25) is 0 Å². The first kappa shape index (κ1) is 15.0. The minimum Gasteiger partial charge on any atom is -0.393 e. The maximum atomic E-state index is 9.17. The first-order valence-corrected chi connectivity index (χ1v) is 6.05. The smallest absolute Gasteiger partial charge is 0.0528 e. The molecular formula is C14H25NO. The molecule has 92 valence electrons. The highest BCUT2D eigenvalue weighted by Crippen LogP contribution is 2.13. The molecule has 0 spiro atoms. The van der Waals surface area contributed by atoms with Crippen LogP contribution in [0.4, 0.5) is 5.69 Å². The third-order valence-corrected chi connectivity index (χ3v) is 2.36. The van der Waals surface area contributed by atoms with E-state index in [0.29, 0.717) is 0 Å². The Hall–Kier alpha value is -1.02. The summed E-state index contributed by atoms with van der Waals surface area (Å²) in [4.78, 5) is 2.16. The van der Waals surface area contributed by atoms with Crippen molar-refractivity contribution in [3.05, 3.63) is 29.8 Å². The van der Waals surface area contributed by atoms with E-state index in [1.165, 1.54) is 11.3 Å². The number of aliphatic hydroxyl groups is 1. The molecule has 16 heavy (non-hydrogen) atoms. The number of benzene rings is 1. The number of hydrogen-bond acceptors (Lipinski definition) is 2. The molecule has 0 aliphatic rings. The topological polar surface area (TPSA) is 23.5 Å². The fourth-order valence-corrected chi connectivity index (χ4v) is 1.31. The second-order valence-electron chi connectivity index (χ2n) is 3.89. The van der Waals surface area contributed by atoms with Gasteiger partial charge in [-0.25, -0.2) is 0 Å². The Morgan fingerprint density at radius 2 is 1.69 bits per heavy atom. The van der Waals surface area contributed by atoms with Crippen molar-refractivity contribution in [2.75, 3.05) is 18.5 Å². The molecule has 0 saturated heterocycles. The van der Waals surface area contributed by atoms with Gasteiger partial charge in [0.25, 0.3) is 0 Å². The Labute approximate surface area is 99.9 Å². The van der Waals surface area contributed by atoms with E-state index in [4.69, 9.17) is 5.11 Å². The van der Waals surface area contributed by atoms with Crippen molar-refractivity contribution in [2.24, 2.45) is 0 Å². The van der Waals surface area contributed by atoms with Gasteiger partial charge in [0.1, 0.15) is 0 Å². The van der Waals surface area contributed by atoms with Gasteiger partial charge in [0.15, 0.2) is 0 Å². The predicted octanol–water partition coefficient (Wildman–Crippen LogP) is 3.23. The van der Waals surface area contributed by atoms with Gasteiger partial charge in [-0.2, -0.15) is 0 Å². The molecule has 0 saturated carbocycles. The van der Waals surface area contributed by atoms with E-state index in [1.807, 2.05) is 27.8 Å². The second-order valence-corrected chi connectivity index (χ2v) is 3.89. The lowest BCUT2D eigenvalue weighted by molar-refractivity contribution is 0.187. The molecule has 1 unspecified atom stereocenters. The zero-order valence-electron chi connectivity index (χ0n) is 11.2. The highest BCUT2D eigenvalue weighted by molar-refractivity contribution is 5.46. The SMILES string of the molecule is CC.Cc1ccc(N(C)CCC(C)O)cc1. The van der Waals surface area contributed by atoms with Crippen molar-refractivity contribution >= 4 is 5.69 Å². The summed E-state index contributed by atoms with van der Waals surface area (Å²) in [5.74, 6) is 0. The van der Waals surface area contributed by atoms with Crippen LogP contribution in [-0.4, -0.2) is 24.8 Å². The van der Waals surface area contributed by atoms with Crippen molar-refractivity contribution in [2.45, 2.75) is 40.2 Å². The molecule has 0 radical (unpaired) electrons. The Bertz CT molecular complexity index is 267. The Kier molecular flexibility index (Phi) is 7.65. The summed E-state index contributed by atoms with van der Waals surface area (Å²) in [5, 5.41) is 9.17. The van der Waals surface area contributed by atoms with Gasteiger partial charge in [-0.05, 0) is 32.4 Å². The minimum absolute atomic E-state index is 0.220. The number of rotatable bonds is 4. The molecule has 0 aromatic heterocycles. The fraction of sp³-hybridized carbons (Fsp3) is 0.571. The van der Waals surface area contributed by atoms with Crippen LogP contribution in [0.25, 0.3) is 0 Å². The highest BCUT2D eigenvalue weighted by atomic mass is 16.3. The number of aliphatic hydroxyl groups excluding tert-OH is 1. The molecule has 0 aliphatic carbocycles. The summed E-state index contributed by atoms with van der Waals surface area (Å²) in [5.41, 5.74) is 2.48. The molecule has 0 amide bonds. The van der Waals surface area contributed by atoms with Crippen molar-refractivity contribution in [1.82, 2.24) is 0 Å². The van der Waals surface area contributed by atoms with Crippen LogP contribution in [0.5, 0.6) is 0 Å². The molecule has 2 heteroatoms. The summed E-state index contributed by atoms with van der Waals surface area (Å²) in [6.07, 6.45) is 0.590. The van der Waals surface area contributed by atoms with Crippen LogP contribution in [0.1, 0.15) is 32.8 Å². The Balaban J connectivity index is 0.00000106. The summed E-state index contributed by atoms with van der Waals surface area (Å²) < 4.78 is 0. The zero-order valence-corrected chi connectivity index (χ0v) is 11.2. The predicted molar refractivity (Wildman–Crippen MR) is 72.1 cm³/mol. The highest BCUT2D eigenvalue weighted by Gasteiger charge is 2.02. The average Bonchev–Trinajstić information content (AvgIpc) is 2.29. The fourth-order valence-electron chi connectivity index (χ4n) is 1.31. The van der Waals surface area contributed by atoms with E-state index in [2.05, 4.69) is 36.1 Å². The maximum absolute atomic E-state index is 9.17. The Morgan fingerprint density at radius 1 is 1.19 bits per heavy atom. The summed E-state index contributed by atoms with van der Waals surface area (Å²) in [6, 6.07) is 8.43. The minimum atomic E-state index is -0.220. The van der Waals surface area contributed by atoms with Crippen molar-refractivity contribution < 1.29 is 5.11 Å². The van der Waals surface area contributed by atoms with E-state index < -0.39 is 0 Å². The summed E-state index contributed by atoms with van der Waals surface area (Å²) in [7, 11) is 2.05. The van der Waals surface area contributed by atoms with Gasteiger partial charge in [0.2, 0.25) is 0 Å². The molecule has 0 bridgehead atoms. The molecule has 1 aromatic carbocycles. The van der Waals surface area contributed by atoms with Crippen LogP contribution in [0.15, 0.2) is 24.3 Å². The molecular weight excluding hydrogens is 198 g/mol. The normalized spacial score (nSPS) is 11.4. The molecule has 1 aromatic rings. The van der Waals surface area contributed by atoms with E-state index in [0.717, 1.165) is 13.0 Å². The molecule has 1 atom stereocenters. The van der Waals surface area contributed by atoms with E-state index in [1.54, 1.807) is 0 Å². The summed E-state index contributed by atoms with van der Waals surface area (Å²) >= 11 is 0. The monoisotopic (exact) mass is 223 g/mol. The van der Waals surface area contributed by atoms with Gasteiger partial charge in [-0.1, -0.05) is 31.5 Å². The van der Waals surface area contributed by atoms with Gasteiger partial charge in [0, 0.05) is 19.3 Å². The molecule has 2 nitrogen and oxygen atoms in total. The lowest BCUT2D eigenvalue weighted by Gasteiger charge is -2.20. The number of aryl methyl sites for hydroxylation is 1. The number of anilines is 1. The van der Waals surface area contributed by atoms with Gasteiger partial charge < -0.3 is 10.0 Å². The second kappa shape index (κ2) is 8.17. The lowest BCUT2D eigenvalue weighted by atomic mass is 10.2. The van der Waals surface area contributed by atoms with E-state index in [-0.39, 0.29) is 6.10 Å². The van der Waals surface area contributed by atoms with Crippen LogP contribution in [0.2, 0.25) is 0 Å². The summed E-state index contributed by atoms with van der Waals surface area (Å²) in [6.45, 7) is 8.79. The van der Waals surface area contributed by atoms with Crippen molar-refractivity contribution in [3.8, 4) is 0 Å². The van der Waals surface area contributed by atoms with Gasteiger partial charge >= 0.3 is 0 Å². The molecule has 0 aliphatic heterocycles. The Morgan fingerprint density at radius 3 is 2.12 bits per heavy atom. The van der Waals surface area contributed by atoms with Crippen LogP contribution >= 0.6 is 0 Å². The van der Waals surface area contributed by atoms with Crippen molar-refractivity contribution in [1.29, 1.82) is 0 Å². The lowest BCUT2D eigenvalue weighted by Crippen LogP contribution is -2.21. The molecule has 1 rings (SSSR count). The number of hydrogen-bond donors (Lipinski definition) is 1. The van der Waals surface area contributed by atoms with Crippen molar-refractivity contribution in [3.63, 3.8) is 0 Å². The third kappa shape index (κ3) is 5.76. The third-order valence-electron chi connectivity index (χ3n) is 2.36. The van der Waals surface area contributed by atoms with E-state index in [9.17, 15) is 0 Å². The average molecular weight is 223 g/mol. The first-order valence-electron chi connectivity index (χ1n) is 6.05. The largest absolute Gasteiger partial charge is 0.393 e.